The number of hydrogen-bond acceptors (Lipinski definition) is 3. The SMILES string of the molecule is O[C@H](COCc1ccccc1)CN1CCC(Cc2ccccc2)CC1. The molecule has 1 heterocycles. The highest BCUT2D eigenvalue weighted by molar-refractivity contribution is 5.15. The summed E-state index contributed by atoms with van der Waals surface area (Å²) in [5.41, 5.74) is 2.59. The van der Waals surface area contributed by atoms with Crippen molar-refractivity contribution < 1.29 is 9.84 Å². The number of aliphatic hydroxyl groups excluding tert-OH is 1. The molecule has 1 fully saturated rings. The van der Waals surface area contributed by atoms with Crippen LogP contribution >= 0.6 is 0 Å². The maximum absolute atomic E-state index is 10.2. The third-order valence-electron chi connectivity index (χ3n) is 4.97. The largest absolute Gasteiger partial charge is 0.389 e. The Morgan fingerprint density at radius 2 is 1.52 bits per heavy atom. The Morgan fingerprint density at radius 1 is 0.920 bits per heavy atom. The standard InChI is InChI=1S/C22H29NO2/c24-22(18-25-17-21-9-5-2-6-10-21)16-23-13-11-20(12-14-23)15-19-7-3-1-4-8-19/h1-10,20,22,24H,11-18H2/t22-/m0/s1. The molecule has 0 aliphatic carbocycles. The van der Waals surface area contributed by atoms with E-state index in [1.54, 1.807) is 0 Å². The molecule has 1 aliphatic rings. The summed E-state index contributed by atoms with van der Waals surface area (Å²) in [6, 6.07) is 20.9. The van der Waals surface area contributed by atoms with Crippen molar-refractivity contribution >= 4 is 0 Å². The Kier molecular flexibility index (Phi) is 7.04. The van der Waals surface area contributed by atoms with Gasteiger partial charge in [-0.3, -0.25) is 0 Å². The Bertz CT molecular complexity index is 594. The molecule has 0 aromatic heterocycles. The molecule has 0 radical (unpaired) electrons. The number of hydrogen-bond donors (Lipinski definition) is 1. The smallest absolute Gasteiger partial charge is 0.0900 e. The molecule has 0 bridgehead atoms. The highest BCUT2D eigenvalue weighted by Crippen LogP contribution is 2.21. The van der Waals surface area contributed by atoms with Gasteiger partial charge < -0.3 is 14.7 Å². The van der Waals surface area contributed by atoms with Crippen LogP contribution in [0, 0.1) is 5.92 Å². The molecule has 2 aromatic rings. The summed E-state index contributed by atoms with van der Waals surface area (Å²) in [6.07, 6.45) is 3.20. The number of likely N-dealkylation sites (tertiary alicyclic amines) is 1. The molecule has 0 saturated carbocycles. The molecule has 134 valence electrons. The van der Waals surface area contributed by atoms with Gasteiger partial charge in [0.1, 0.15) is 0 Å². The van der Waals surface area contributed by atoms with Gasteiger partial charge in [-0.15, -0.1) is 0 Å². The lowest BCUT2D eigenvalue weighted by Gasteiger charge is -2.33. The maximum Gasteiger partial charge on any atom is 0.0900 e. The number of nitrogens with zero attached hydrogens (tertiary/aromatic N) is 1. The number of β-amino-alcohol motifs (C(OH)–C–C–N with tert-alkyl or cyclic N) is 1. The quantitative estimate of drug-likeness (QED) is 0.799. The van der Waals surface area contributed by atoms with Crippen LogP contribution in [0.15, 0.2) is 60.7 Å². The number of benzene rings is 2. The van der Waals surface area contributed by atoms with Gasteiger partial charge in [-0.05, 0) is 49.4 Å². The summed E-state index contributed by atoms with van der Waals surface area (Å²) >= 11 is 0. The number of piperidine rings is 1. The van der Waals surface area contributed by atoms with Crippen LogP contribution in [0.2, 0.25) is 0 Å². The first kappa shape index (κ1) is 18.1. The summed E-state index contributed by atoms with van der Waals surface area (Å²) in [5, 5.41) is 10.2. The fourth-order valence-electron chi connectivity index (χ4n) is 3.56. The molecule has 0 amide bonds. The van der Waals surface area contributed by atoms with E-state index in [0.717, 1.165) is 24.6 Å². The van der Waals surface area contributed by atoms with Gasteiger partial charge in [-0.25, -0.2) is 0 Å². The van der Waals surface area contributed by atoms with Gasteiger partial charge in [-0.1, -0.05) is 60.7 Å². The van der Waals surface area contributed by atoms with Gasteiger partial charge in [0.05, 0.1) is 19.3 Å². The first-order valence-corrected chi connectivity index (χ1v) is 9.35. The van der Waals surface area contributed by atoms with Gasteiger partial charge in [0.2, 0.25) is 0 Å². The van der Waals surface area contributed by atoms with E-state index in [9.17, 15) is 5.11 Å². The molecule has 1 aliphatic heterocycles. The van der Waals surface area contributed by atoms with Crippen molar-refractivity contribution in [2.75, 3.05) is 26.2 Å². The molecular formula is C22H29NO2. The van der Waals surface area contributed by atoms with E-state index >= 15 is 0 Å². The zero-order chi connectivity index (χ0) is 17.3. The second kappa shape index (κ2) is 9.71. The molecule has 0 unspecified atom stereocenters. The summed E-state index contributed by atoms with van der Waals surface area (Å²) < 4.78 is 5.65. The average Bonchev–Trinajstić information content (AvgIpc) is 2.65. The monoisotopic (exact) mass is 339 g/mol. The maximum atomic E-state index is 10.2. The molecule has 25 heavy (non-hydrogen) atoms. The Morgan fingerprint density at radius 3 is 2.16 bits per heavy atom. The summed E-state index contributed by atoms with van der Waals surface area (Å²) in [4.78, 5) is 2.37. The minimum atomic E-state index is -0.408. The molecule has 1 N–H and O–H groups in total. The zero-order valence-corrected chi connectivity index (χ0v) is 14.9. The summed E-state index contributed by atoms with van der Waals surface area (Å²) in [7, 11) is 0. The Labute approximate surface area is 151 Å². The van der Waals surface area contributed by atoms with Crippen LogP contribution in [0.25, 0.3) is 0 Å². The number of rotatable bonds is 8. The van der Waals surface area contributed by atoms with Crippen LogP contribution in [0.5, 0.6) is 0 Å². The van der Waals surface area contributed by atoms with E-state index in [4.69, 9.17) is 4.74 Å². The third-order valence-corrected chi connectivity index (χ3v) is 4.97. The minimum absolute atomic E-state index is 0.402. The second-order valence-corrected chi connectivity index (χ2v) is 7.09. The Hall–Kier alpha value is -1.68. The van der Waals surface area contributed by atoms with Crippen molar-refractivity contribution in [1.29, 1.82) is 0 Å². The van der Waals surface area contributed by atoms with Crippen LogP contribution in [0.1, 0.15) is 24.0 Å². The predicted octanol–water partition coefficient (Wildman–Crippen LogP) is 3.52. The second-order valence-electron chi connectivity index (χ2n) is 7.09. The van der Waals surface area contributed by atoms with Crippen molar-refractivity contribution in [3.05, 3.63) is 71.8 Å². The fraction of sp³-hybridized carbons (Fsp3) is 0.455. The zero-order valence-electron chi connectivity index (χ0n) is 14.9. The lowest BCUT2D eigenvalue weighted by Crippen LogP contribution is -2.40. The lowest BCUT2D eigenvalue weighted by atomic mass is 9.90. The molecule has 2 aromatic carbocycles. The van der Waals surface area contributed by atoms with E-state index in [-0.39, 0.29) is 0 Å². The number of aliphatic hydroxyl groups is 1. The average molecular weight is 339 g/mol. The summed E-state index contributed by atoms with van der Waals surface area (Å²) in [5.74, 6) is 0.769. The molecule has 3 nitrogen and oxygen atoms in total. The van der Waals surface area contributed by atoms with Crippen molar-refractivity contribution in [2.45, 2.75) is 32.0 Å². The van der Waals surface area contributed by atoms with E-state index < -0.39 is 6.10 Å². The molecule has 1 saturated heterocycles. The first-order chi connectivity index (χ1) is 12.3. The summed E-state index contributed by atoms with van der Waals surface area (Å²) in [6.45, 7) is 3.84. The van der Waals surface area contributed by atoms with Crippen molar-refractivity contribution in [3.8, 4) is 0 Å². The third kappa shape index (κ3) is 6.28. The van der Waals surface area contributed by atoms with E-state index in [0.29, 0.717) is 19.8 Å². The van der Waals surface area contributed by atoms with E-state index in [1.807, 2.05) is 30.3 Å². The minimum Gasteiger partial charge on any atom is -0.389 e. The molecule has 3 rings (SSSR count). The molecule has 1 atom stereocenters. The van der Waals surface area contributed by atoms with Gasteiger partial charge in [0, 0.05) is 6.54 Å². The highest BCUT2D eigenvalue weighted by atomic mass is 16.5. The van der Waals surface area contributed by atoms with Crippen LogP contribution in [-0.4, -0.2) is 42.4 Å². The van der Waals surface area contributed by atoms with Crippen molar-refractivity contribution in [2.24, 2.45) is 5.92 Å². The molecule has 3 heteroatoms. The predicted molar refractivity (Wildman–Crippen MR) is 101 cm³/mol. The topological polar surface area (TPSA) is 32.7 Å². The van der Waals surface area contributed by atoms with Gasteiger partial charge >= 0.3 is 0 Å². The molecular weight excluding hydrogens is 310 g/mol. The van der Waals surface area contributed by atoms with Crippen molar-refractivity contribution in [1.82, 2.24) is 4.90 Å². The highest BCUT2D eigenvalue weighted by Gasteiger charge is 2.21. The van der Waals surface area contributed by atoms with Crippen molar-refractivity contribution in [3.63, 3.8) is 0 Å². The van der Waals surface area contributed by atoms with Crippen LogP contribution in [0.3, 0.4) is 0 Å². The van der Waals surface area contributed by atoms with Gasteiger partial charge in [0.15, 0.2) is 0 Å². The van der Waals surface area contributed by atoms with Gasteiger partial charge in [0.25, 0.3) is 0 Å². The fourth-order valence-corrected chi connectivity index (χ4v) is 3.56. The normalized spacial score (nSPS) is 17.5. The van der Waals surface area contributed by atoms with Crippen LogP contribution in [0.4, 0.5) is 0 Å². The van der Waals surface area contributed by atoms with E-state index in [2.05, 4.69) is 35.2 Å². The van der Waals surface area contributed by atoms with Gasteiger partial charge in [-0.2, -0.15) is 0 Å². The lowest BCUT2D eigenvalue weighted by molar-refractivity contribution is 0.00451. The number of ether oxygens (including phenoxy) is 1. The molecule has 0 spiro atoms. The van der Waals surface area contributed by atoms with Crippen LogP contribution in [-0.2, 0) is 17.8 Å². The first-order valence-electron chi connectivity index (χ1n) is 9.35. The Balaban J connectivity index is 1.31. The van der Waals surface area contributed by atoms with E-state index in [1.165, 1.54) is 24.8 Å². The van der Waals surface area contributed by atoms with Crippen LogP contribution < -0.4 is 0 Å².